The first kappa shape index (κ1) is 24.8. The maximum absolute atomic E-state index is 9.61. The van der Waals surface area contributed by atoms with Gasteiger partial charge in [0.25, 0.3) is 5.89 Å². The first-order valence-corrected chi connectivity index (χ1v) is 14.1. The predicted molar refractivity (Wildman–Crippen MR) is 148 cm³/mol. The molecule has 0 unspecified atom stereocenters. The second kappa shape index (κ2) is 9.47. The molecule has 4 saturated carbocycles. The second-order valence-electron chi connectivity index (χ2n) is 12.2. The first-order valence-electron chi connectivity index (χ1n) is 14.1. The minimum absolute atomic E-state index is 0.303. The highest BCUT2D eigenvalue weighted by Gasteiger charge is 2.50. The Balaban J connectivity index is 1.22. The number of methoxy groups -OCH3 is 1. The van der Waals surface area contributed by atoms with E-state index in [0.717, 1.165) is 39.6 Å². The lowest BCUT2D eigenvalue weighted by Gasteiger charge is -2.55. The zero-order chi connectivity index (χ0) is 26.7. The van der Waals surface area contributed by atoms with Gasteiger partial charge in [0.2, 0.25) is 5.82 Å². The lowest BCUT2D eigenvalue weighted by atomic mass is 9.50. The van der Waals surface area contributed by atoms with Gasteiger partial charge in [-0.2, -0.15) is 4.98 Å². The van der Waals surface area contributed by atoms with E-state index in [0.29, 0.717) is 36.0 Å². The van der Waals surface area contributed by atoms with E-state index >= 15 is 0 Å². The Morgan fingerprint density at radius 2 is 1.77 bits per heavy atom. The van der Waals surface area contributed by atoms with Crippen LogP contribution in [0.2, 0.25) is 0 Å². The van der Waals surface area contributed by atoms with Crippen molar-refractivity contribution in [3.63, 3.8) is 0 Å². The topological polar surface area (TPSA) is 120 Å². The lowest BCUT2D eigenvalue weighted by Crippen LogP contribution is -2.50. The van der Waals surface area contributed by atoms with Crippen molar-refractivity contribution < 1.29 is 19.5 Å². The van der Waals surface area contributed by atoms with E-state index in [-0.39, 0.29) is 13.2 Å². The number of rotatable bonds is 8. The van der Waals surface area contributed by atoms with E-state index in [2.05, 4.69) is 17.3 Å². The smallest absolute Gasteiger partial charge is 0.258 e. The van der Waals surface area contributed by atoms with Crippen molar-refractivity contribution in [3.05, 3.63) is 54.2 Å². The highest BCUT2D eigenvalue weighted by molar-refractivity contribution is 5.84. The number of ether oxygens (including phenoxy) is 1. The monoisotopic (exact) mass is 528 g/mol. The third-order valence-corrected chi connectivity index (χ3v) is 9.65. The van der Waals surface area contributed by atoms with E-state index in [4.69, 9.17) is 20.0 Å². The van der Waals surface area contributed by atoms with Crippen LogP contribution < -0.4 is 10.5 Å². The Labute approximate surface area is 227 Å². The molecule has 0 atom stereocenters. The van der Waals surface area contributed by atoms with Crippen molar-refractivity contribution in [3.8, 4) is 28.6 Å². The second-order valence-corrected chi connectivity index (χ2v) is 12.2. The zero-order valence-corrected chi connectivity index (χ0v) is 22.3. The van der Waals surface area contributed by atoms with Gasteiger partial charge in [-0.15, -0.1) is 0 Å². The van der Waals surface area contributed by atoms with Crippen LogP contribution in [0.4, 0.5) is 0 Å². The highest BCUT2D eigenvalue weighted by atomic mass is 16.5. The summed E-state index contributed by atoms with van der Waals surface area (Å²) in [5.41, 5.74) is 9.09. The van der Waals surface area contributed by atoms with Gasteiger partial charge < -0.3 is 29.8 Å². The number of nitrogens with zero attached hydrogens (tertiary/aromatic N) is 3. The van der Waals surface area contributed by atoms with Crippen molar-refractivity contribution in [2.75, 3.05) is 20.3 Å². The maximum Gasteiger partial charge on any atom is 0.258 e. The zero-order valence-electron chi connectivity index (χ0n) is 22.3. The Morgan fingerprint density at radius 1 is 1.03 bits per heavy atom. The van der Waals surface area contributed by atoms with Crippen molar-refractivity contribution in [1.29, 1.82) is 0 Å². The van der Waals surface area contributed by atoms with Crippen LogP contribution in [0.25, 0.3) is 33.7 Å². The molecule has 8 nitrogen and oxygen atoms in total. The summed E-state index contributed by atoms with van der Waals surface area (Å²) < 4.78 is 13.8. The maximum atomic E-state index is 9.61. The molecular weight excluding hydrogens is 492 g/mol. The molecule has 8 rings (SSSR count). The van der Waals surface area contributed by atoms with E-state index < -0.39 is 5.54 Å². The summed E-state index contributed by atoms with van der Waals surface area (Å²) in [7, 11) is 1.76. The molecule has 2 heterocycles. The Kier molecular flexibility index (Phi) is 6.02. The summed E-state index contributed by atoms with van der Waals surface area (Å²) in [5, 5.41) is 24.6. The number of aromatic nitrogens is 3. The minimum atomic E-state index is -1.08. The number of aliphatic hydroxyl groups excluding tert-OH is 2. The molecule has 4 aliphatic carbocycles. The molecule has 204 valence electrons. The van der Waals surface area contributed by atoms with Crippen LogP contribution in [-0.4, -0.2) is 50.8 Å². The summed E-state index contributed by atoms with van der Waals surface area (Å²) >= 11 is 0. The number of fused-ring (bicyclic) bond motifs is 1. The molecule has 4 aromatic rings. The fourth-order valence-electron chi connectivity index (χ4n) is 8.07. The Morgan fingerprint density at radius 3 is 2.46 bits per heavy atom. The van der Waals surface area contributed by atoms with Crippen molar-refractivity contribution in [2.45, 2.75) is 50.1 Å². The molecular formula is C31H36N4O4. The van der Waals surface area contributed by atoms with Crippen molar-refractivity contribution >= 4 is 10.9 Å². The van der Waals surface area contributed by atoms with Gasteiger partial charge in [0, 0.05) is 40.3 Å². The third kappa shape index (κ3) is 4.17. The third-order valence-electron chi connectivity index (χ3n) is 9.65. The fraction of sp³-hybridized carbons (Fsp3) is 0.484. The fourth-order valence-corrected chi connectivity index (χ4v) is 8.07. The molecule has 2 aromatic heterocycles. The van der Waals surface area contributed by atoms with Gasteiger partial charge in [-0.1, -0.05) is 11.2 Å². The highest BCUT2D eigenvalue weighted by Crippen LogP contribution is 2.61. The molecule has 0 amide bonds. The summed E-state index contributed by atoms with van der Waals surface area (Å²) in [6.45, 7) is -0.302. The quantitative estimate of drug-likeness (QED) is 0.306. The SMILES string of the molecule is COc1cccc(-c2nc(-c3ccc4c(ccn4CC(N)(CO)CO)c3)no2)c1C1C2CC3CC(C2)CC1C3. The van der Waals surface area contributed by atoms with Crippen LogP contribution in [0.3, 0.4) is 0 Å². The van der Waals surface area contributed by atoms with Gasteiger partial charge in [-0.3, -0.25) is 0 Å². The molecule has 0 saturated heterocycles. The van der Waals surface area contributed by atoms with Crippen LogP contribution in [0.1, 0.15) is 43.6 Å². The number of aliphatic hydroxyl groups is 2. The van der Waals surface area contributed by atoms with Gasteiger partial charge in [-0.25, -0.2) is 0 Å². The summed E-state index contributed by atoms with van der Waals surface area (Å²) in [4.78, 5) is 4.87. The van der Waals surface area contributed by atoms with E-state index in [1.54, 1.807) is 7.11 Å². The Hall–Kier alpha value is -3.20. The summed E-state index contributed by atoms with van der Waals surface area (Å²) in [5.74, 6) is 5.67. The van der Waals surface area contributed by atoms with E-state index in [1.165, 1.54) is 37.7 Å². The van der Waals surface area contributed by atoms with Crippen LogP contribution in [0.5, 0.6) is 5.75 Å². The molecule has 8 heteroatoms. The van der Waals surface area contributed by atoms with Crippen LogP contribution >= 0.6 is 0 Å². The van der Waals surface area contributed by atoms with Crippen LogP contribution in [-0.2, 0) is 6.54 Å². The molecule has 4 aliphatic rings. The normalized spacial score (nSPS) is 26.0. The molecule has 4 bridgehead atoms. The molecule has 0 radical (unpaired) electrons. The van der Waals surface area contributed by atoms with Crippen LogP contribution in [0, 0.1) is 23.7 Å². The minimum Gasteiger partial charge on any atom is -0.496 e. The largest absolute Gasteiger partial charge is 0.496 e. The molecule has 0 aliphatic heterocycles. The summed E-state index contributed by atoms with van der Waals surface area (Å²) in [6.07, 6.45) is 8.64. The average molecular weight is 529 g/mol. The van der Waals surface area contributed by atoms with Gasteiger partial charge >= 0.3 is 0 Å². The van der Waals surface area contributed by atoms with Crippen LogP contribution in [0.15, 0.2) is 53.2 Å². The predicted octanol–water partition coefficient (Wildman–Crippen LogP) is 4.59. The molecule has 4 fully saturated rings. The lowest BCUT2D eigenvalue weighted by molar-refractivity contribution is -0.00333. The molecule has 0 spiro atoms. The van der Waals surface area contributed by atoms with Gasteiger partial charge in [0.15, 0.2) is 0 Å². The van der Waals surface area contributed by atoms with Gasteiger partial charge in [0.05, 0.1) is 25.9 Å². The van der Waals surface area contributed by atoms with E-state index in [9.17, 15) is 10.2 Å². The Bertz CT molecular complexity index is 1480. The average Bonchev–Trinajstić information content (AvgIpc) is 3.60. The molecule has 4 N–H and O–H groups in total. The summed E-state index contributed by atoms with van der Waals surface area (Å²) in [6, 6.07) is 14.2. The first-order chi connectivity index (χ1) is 19.0. The number of nitrogens with two attached hydrogens (primary N) is 1. The van der Waals surface area contributed by atoms with Crippen molar-refractivity contribution in [1.82, 2.24) is 14.7 Å². The number of benzene rings is 2. The van der Waals surface area contributed by atoms with Crippen molar-refractivity contribution in [2.24, 2.45) is 29.4 Å². The number of hydrogen-bond acceptors (Lipinski definition) is 7. The van der Waals surface area contributed by atoms with Gasteiger partial charge in [-0.05, 0) is 98.1 Å². The molecule has 39 heavy (non-hydrogen) atoms. The van der Waals surface area contributed by atoms with Gasteiger partial charge in [0.1, 0.15) is 5.75 Å². The standard InChI is InChI=1S/C31H36N4O4/c1-38-26-4-2-3-24(28(26)27-22-10-18-9-19(12-22)13-23(27)11-18)30-33-29(34-39-30)21-5-6-25-20(14-21)7-8-35(25)15-31(32,16-36)17-37/h2-8,14,18-19,22-23,27,36-37H,9-13,15-17,32H2,1H3. The van der Waals surface area contributed by atoms with E-state index in [1.807, 2.05) is 41.1 Å². The molecule has 2 aromatic carbocycles. The number of hydrogen-bond donors (Lipinski definition) is 3.